The van der Waals surface area contributed by atoms with Crippen LogP contribution >= 0.6 is 0 Å². The third kappa shape index (κ3) is 5.58. The first-order valence-corrected chi connectivity index (χ1v) is 15.6. The molecule has 6 rings (SSSR count). The number of fused-ring (bicyclic) bond motifs is 3. The molecule has 0 atom stereocenters. The summed E-state index contributed by atoms with van der Waals surface area (Å²) in [7, 11) is 0.856. The molecule has 2 aliphatic heterocycles. The summed E-state index contributed by atoms with van der Waals surface area (Å²) in [5.74, 6) is 6.85. The maximum atomic E-state index is 13.1. The molecule has 0 unspecified atom stereocenters. The Morgan fingerprint density at radius 2 is 1.60 bits per heavy atom. The summed E-state index contributed by atoms with van der Waals surface area (Å²) in [6.45, 7) is 8.69. The molecule has 0 aliphatic carbocycles. The molecule has 0 saturated carbocycles. The predicted molar refractivity (Wildman–Crippen MR) is 161 cm³/mol. The van der Waals surface area contributed by atoms with E-state index in [1.54, 1.807) is 24.3 Å². The normalized spacial score (nSPS) is 17.8. The van der Waals surface area contributed by atoms with Crippen LogP contribution < -0.4 is 4.90 Å². The highest BCUT2D eigenvalue weighted by Gasteiger charge is 2.23. The molecular formula is C31H36N6O2S. The number of nitrogens with one attached hydrogen (secondary N) is 1. The van der Waals surface area contributed by atoms with Crippen LogP contribution in [0, 0.1) is 11.8 Å². The molecule has 40 heavy (non-hydrogen) atoms. The minimum Gasteiger partial charge on any atom is -0.367 e. The quantitative estimate of drug-likeness (QED) is 0.379. The van der Waals surface area contributed by atoms with Crippen molar-refractivity contribution in [2.24, 2.45) is 0 Å². The van der Waals surface area contributed by atoms with Crippen LogP contribution in [0.25, 0.3) is 21.9 Å². The highest BCUT2D eigenvalue weighted by molar-refractivity contribution is 7.90. The monoisotopic (exact) mass is 556 g/mol. The van der Waals surface area contributed by atoms with Gasteiger partial charge in [0.05, 0.1) is 33.8 Å². The van der Waals surface area contributed by atoms with Gasteiger partial charge in [0.15, 0.2) is 9.84 Å². The molecule has 208 valence electrons. The molecule has 1 N–H and O–H groups in total. The summed E-state index contributed by atoms with van der Waals surface area (Å²) in [4.78, 5) is 18.1. The van der Waals surface area contributed by atoms with E-state index >= 15 is 0 Å². The van der Waals surface area contributed by atoms with Crippen LogP contribution in [0.1, 0.15) is 11.1 Å². The van der Waals surface area contributed by atoms with Crippen LogP contribution in [0.15, 0.2) is 59.6 Å². The van der Waals surface area contributed by atoms with Gasteiger partial charge in [0.25, 0.3) is 0 Å². The molecule has 9 heteroatoms. The lowest BCUT2D eigenvalue weighted by Crippen LogP contribution is -2.45. The smallest absolute Gasteiger partial charge is 0.182 e. The Bertz CT molecular complexity index is 1670. The van der Waals surface area contributed by atoms with E-state index in [0.29, 0.717) is 4.90 Å². The highest BCUT2D eigenvalue weighted by atomic mass is 32.2. The number of sulfone groups is 1. The maximum absolute atomic E-state index is 13.1. The number of hydrogen-bond acceptors (Lipinski definition) is 7. The number of H-pyrrole nitrogens is 1. The van der Waals surface area contributed by atoms with Crippen molar-refractivity contribution in [3.63, 3.8) is 0 Å². The van der Waals surface area contributed by atoms with Crippen molar-refractivity contribution in [1.29, 1.82) is 0 Å². The number of benzene rings is 2. The number of aromatic amines is 1. The van der Waals surface area contributed by atoms with E-state index in [0.717, 1.165) is 97.7 Å². The van der Waals surface area contributed by atoms with Crippen molar-refractivity contribution in [3.05, 3.63) is 65.9 Å². The summed E-state index contributed by atoms with van der Waals surface area (Å²) in [6.07, 6.45) is 1.89. The fourth-order valence-electron chi connectivity index (χ4n) is 5.61. The van der Waals surface area contributed by atoms with E-state index in [9.17, 15) is 8.42 Å². The van der Waals surface area contributed by atoms with Gasteiger partial charge in [-0.15, -0.1) is 0 Å². The van der Waals surface area contributed by atoms with Crippen LogP contribution in [-0.4, -0.2) is 106 Å². The zero-order chi connectivity index (χ0) is 27.7. The van der Waals surface area contributed by atoms with Crippen LogP contribution in [0.5, 0.6) is 0 Å². The van der Waals surface area contributed by atoms with Gasteiger partial charge in [-0.2, -0.15) is 0 Å². The predicted octanol–water partition coefficient (Wildman–Crippen LogP) is 3.04. The number of nitrogens with zero attached hydrogens (tertiary/aromatic N) is 5. The molecule has 4 aromatic rings. The summed E-state index contributed by atoms with van der Waals surface area (Å²) in [5, 5.41) is 2.00. The number of hydrogen-bond donors (Lipinski definition) is 1. The first kappa shape index (κ1) is 26.8. The third-order valence-electron chi connectivity index (χ3n) is 8.06. The number of pyridine rings is 1. The van der Waals surface area contributed by atoms with Gasteiger partial charge in [-0.3, -0.25) is 4.90 Å². The number of piperazine rings is 2. The Balaban J connectivity index is 1.40. The molecule has 2 aromatic heterocycles. The Morgan fingerprint density at radius 3 is 2.33 bits per heavy atom. The van der Waals surface area contributed by atoms with Gasteiger partial charge in [-0.25, -0.2) is 13.4 Å². The second-order valence-electron chi connectivity index (χ2n) is 11.0. The molecule has 2 aromatic carbocycles. The second-order valence-corrected chi connectivity index (χ2v) is 13.0. The molecule has 2 saturated heterocycles. The molecule has 8 nitrogen and oxygen atoms in total. The average Bonchev–Trinajstić information content (AvgIpc) is 3.33. The van der Waals surface area contributed by atoms with Crippen LogP contribution in [-0.2, 0) is 15.6 Å². The molecule has 0 radical (unpaired) electrons. The zero-order valence-electron chi connectivity index (χ0n) is 23.2. The SMILES string of the molecule is CN1CCN(CC#Cc2cnc3[nH]c4ccc(CS(=O)(=O)c5ccccc5)cc4c3c2N2CCN(C)CC2)CC1. The average molecular weight is 557 g/mol. The first-order valence-electron chi connectivity index (χ1n) is 13.9. The lowest BCUT2D eigenvalue weighted by atomic mass is 10.1. The van der Waals surface area contributed by atoms with Crippen molar-refractivity contribution in [2.45, 2.75) is 10.6 Å². The van der Waals surface area contributed by atoms with Gasteiger partial charge in [-0.05, 0) is 43.9 Å². The summed E-state index contributed by atoms with van der Waals surface area (Å²) in [5.41, 5.74) is 4.53. The summed E-state index contributed by atoms with van der Waals surface area (Å²) < 4.78 is 26.3. The minimum absolute atomic E-state index is 0.0541. The van der Waals surface area contributed by atoms with Crippen LogP contribution in [0.4, 0.5) is 5.69 Å². The van der Waals surface area contributed by atoms with Gasteiger partial charge >= 0.3 is 0 Å². The van der Waals surface area contributed by atoms with Crippen molar-refractivity contribution < 1.29 is 8.42 Å². The number of anilines is 1. The van der Waals surface area contributed by atoms with Crippen LogP contribution in [0.3, 0.4) is 0 Å². The van der Waals surface area contributed by atoms with Crippen LogP contribution in [0.2, 0.25) is 0 Å². The maximum Gasteiger partial charge on any atom is 0.182 e. The Labute approximate surface area is 236 Å². The number of likely N-dealkylation sites (N-methyl/N-ethyl adjacent to an activating group) is 2. The summed E-state index contributed by atoms with van der Waals surface area (Å²) >= 11 is 0. The van der Waals surface area contributed by atoms with Gasteiger partial charge in [0.2, 0.25) is 0 Å². The number of aromatic nitrogens is 2. The van der Waals surface area contributed by atoms with Crippen molar-refractivity contribution in [3.8, 4) is 11.8 Å². The van der Waals surface area contributed by atoms with Crippen molar-refractivity contribution >= 4 is 37.5 Å². The van der Waals surface area contributed by atoms with E-state index in [1.165, 1.54) is 0 Å². The standard InChI is InChI=1S/C31H36N6O2S/c1-34-13-17-36(18-14-34)12-6-7-25-22-32-31-29(30(25)37-19-15-35(2)16-20-37)27-21-24(10-11-28(27)33-31)23-40(38,39)26-8-4-3-5-9-26/h3-5,8-11,21-22H,12-20,23H2,1-2H3,(H,32,33). The Kier molecular flexibility index (Phi) is 7.51. The topological polar surface area (TPSA) is 75.8 Å². The van der Waals surface area contributed by atoms with E-state index in [2.05, 4.69) is 50.5 Å². The van der Waals surface area contributed by atoms with Gasteiger partial charge in [0, 0.05) is 69.5 Å². The minimum atomic E-state index is -3.46. The summed E-state index contributed by atoms with van der Waals surface area (Å²) in [6, 6.07) is 14.5. The van der Waals surface area contributed by atoms with Gasteiger partial charge in [-0.1, -0.05) is 36.1 Å². The molecule has 0 amide bonds. The highest BCUT2D eigenvalue weighted by Crippen LogP contribution is 2.36. The lowest BCUT2D eigenvalue weighted by molar-refractivity contribution is 0.168. The molecule has 0 spiro atoms. The Morgan fingerprint density at radius 1 is 0.900 bits per heavy atom. The fourth-order valence-corrected chi connectivity index (χ4v) is 6.97. The van der Waals surface area contributed by atoms with E-state index in [1.807, 2.05) is 30.5 Å². The van der Waals surface area contributed by atoms with Crippen molar-refractivity contribution in [2.75, 3.05) is 77.9 Å². The molecule has 2 fully saturated rings. The first-order chi connectivity index (χ1) is 19.4. The number of rotatable bonds is 5. The Hall–Kier alpha value is -3.42. The largest absolute Gasteiger partial charge is 0.367 e. The zero-order valence-corrected chi connectivity index (χ0v) is 24.0. The van der Waals surface area contributed by atoms with Gasteiger partial charge < -0.3 is 19.7 Å². The molecule has 0 bridgehead atoms. The fraction of sp³-hybridized carbons (Fsp3) is 0.387. The molecular weight excluding hydrogens is 520 g/mol. The molecule has 2 aliphatic rings. The molecule has 4 heterocycles. The lowest BCUT2D eigenvalue weighted by Gasteiger charge is -2.35. The van der Waals surface area contributed by atoms with E-state index < -0.39 is 9.84 Å². The second kappa shape index (κ2) is 11.2. The van der Waals surface area contributed by atoms with E-state index in [-0.39, 0.29) is 5.75 Å². The third-order valence-corrected chi connectivity index (χ3v) is 9.76. The van der Waals surface area contributed by atoms with Crippen molar-refractivity contribution in [1.82, 2.24) is 24.7 Å². The van der Waals surface area contributed by atoms with Gasteiger partial charge in [0.1, 0.15) is 5.65 Å². The van der Waals surface area contributed by atoms with E-state index in [4.69, 9.17) is 4.98 Å².